The third-order valence-electron chi connectivity index (χ3n) is 2.35. The molecule has 2 heterocycles. The molecule has 6 heteroatoms. The second-order valence-corrected chi connectivity index (χ2v) is 6.15. The van der Waals surface area contributed by atoms with Gasteiger partial charge in [-0.2, -0.15) is 0 Å². The molecule has 0 spiro atoms. The van der Waals surface area contributed by atoms with E-state index in [9.17, 15) is 0 Å². The van der Waals surface area contributed by atoms with Crippen LogP contribution >= 0.6 is 22.7 Å². The Morgan fingerprint density at radius 2 is 2.29 bits per heavy atom. The average molecular weight is 268 g/mol. The third-order valence-corrected chi connectivity index (χ3v) is 4.49. The van der Waals surface area contributed by atoms with Gasteiger partial charge in [0, 0.05) is 29.5 Å². The highest BCUT2D eigenvalue weighted by atomic mass is 32.1. The van der Waals surface area contributed by atoms with E-state index in [2.05, 4.69) is 20.2 Å². The van der Waals surface area contributed by atoms with Gasteiger partial charge in [-0.25, -0.2) is 9.97 Å². The van der Waals surface area contributed by atoms with Crippen LogP contribution in [0, 0.1) is 6.92 Å². The smallest absolute Gasteiger partial charge is 0.185 e. The number of aromatic nitrogens is 2. The van der Waals surface area contributed by atoms with E-state index in [4.69, 9.17) is 5.73 Å². The maximum Gasteiger partial charge on any atom is 0.185 e. The van der Waals surface area contributed by atoms with Crippen LogP contribution < -0.4 is 10.6 Å². The average Bonchev–Trinajstić information content (AvgIpc) is 2.86. The van der Waals surface area contributed by atoms with Gasteiger partial charge in [0.15, 0.2) is 5.13 Å². The summed E-state index contributed by atoms with van der Waals surface area (Å²) in [5.74, 6) is 0. The summed E-state index contributed by atoms with van der Waals surface area (Å²) in [4.78, 5) is 12.0. The fraction of sp³-hybridized carbons (Fsp3) is 0.455. The fourth-order valence-corrected chi connectivity index (χ4v) is 2.89. The maximum absolute atomic E-state index is 5.82. The fourth-order valence-electron chi connectivity index (χ4n) is 1.46. The molecular weight excluding hydrogens is 252 g/mol. The summed E-state index contributed by atoms with van der Waals surface area (Å²) < 4.78 is 0. The van der Waals surface area contributed by atoms with Gasteiger partial charge in [-0.05, 0) is 13.8 Å². The molecule has 2 aromatic heterocycles. The van der Waals surface area contributed by atoms with Crippen LogP contribution in [-0.4, -0.2) is 17.0 Å². The first-order chi connectivity index (χ1) is 8.06. The van der Waals surface area contributed by atoms with Crippen molar-refractivity contribution in [3.63, 3.8) is 0 Å². The van der Waals surface area contributed by atoms with E-state index in [1.165, 1.54) is 0 Å². The van der Waals surface area contributed by atoms with Gasteiger partial charge in [-0.15, -0.1) is 22.7 Å². The minimum Gasteiger partial charge on any atom is -0.345 e. The van der Waals surface area contributed by atoms with Gasteiger partial charge in [0.2, 0.25) is 0 Å². The van der Waals surface area contributed by atoms with Crippen molar-refractivity contribution in [1.29, 1.82) is 0 Å². The Morgan fingerprint density at radius 3 is 2.82 bits per heavy atom. The second-order valence-electron chi connectivity index (χ2n) is 4.05. The quantitative estimate of drug-likeness (QED) is 0.926. The van der Waals surface area contributed by atoms with E-state index in [0.29, 0.717) is 0 Å². The van der Waals surface area contributed by atoms with Crippen molar-refractivity contribution < 1.29 is 0 Å². The van der Waals surface area contributed by atoms with Crippen LogP contribution in [0.5, 0.6) is 0 Å². The zero-order chi connectivity index (χ0) is 12.4. The summed E-state index contributed by atoms with van der Waals surface area (Å²) in [5.41, 5.74) is 6.91. The molecule has 0 saturated carbocycles. The molecule has 0 saturated heterocycles. The summed E-state index contributed by atoms with van der Waals surface area (Å²) in [7, 11) is 2.03. The van der Waals surface area contributed by atoms with Crippen molar-refractivity contribution in [3.8, 4) is 0 Å². The summed E-state index contributed by atoms with van der Waals surface area (Å²) >= 11 is 3.32. The van der Waals surface area contributed by atoms with Crippen molar-refractivity contribution in [2.75, 3.05) is 11.9 Å². The molecule has 92 valence electrons. The minimum absolute atomic E-state index is 0.0520. The largest absolute Gasteiger partial charge is 0.345 e. The van der Waals surface area contributed by atoms with Gasteiger partial charge in [-0.3, -0.25) is 0 Å². The van der Waals surface area contributed by atoms with E-state index in [1.807, 2.05) is 27.1 Å². The number of hydrogen-bond acceptors (Lipinski definition) is 6. The van der Waals surface area contributed by atoms with Crippen molar-refractivity contribution in [2.24, 2.45) is 5.73 Å². The summed E-state index contributed by atoms with van der Waals surface area (Å²) in [6, 6.07) is 0.0520. The van der Waals surface area contributed by atoms with Crippen LogP contribution in [-0.2, 0) is 6.54 Å². The lowest BCUT2D eigenvalue weighted by Gasteiger charge is -2.13. The Balaban J connectivity index is 2.06. The van der Waals surface area contributed by atoms with E-state index in [1.54, 1.807) is 22.7 Å². The number of nitrogens with two attached hydrogens (primary N) is 1. The SMILES string of the molecule is Cc1nc(CN(C)c2ncc(C(C)N)s2)cs1. The molecule has 4 nitrogen and oxygen atoms in total. The molecule has 0 aliphatic heterocycles. The molecule has 17 heavy (non-hydrogen) atoms. The highest BCUT2D eigenvalue weighted by Crippen LogP contribution is 2.26. The first kappa shape index (κ1) is 12.5. The van der Waals surface area contributed by atoms with Crippen LogP contribution in [0.4, 0.5) is 5.13 Å². The predicted molar refractivity (Wildman–Crippen MR) is 73.7 cm³/mol. The van der Waals surface area contributed by atoms with E-state index < -0.39 is 0 Å². The van der Waals surface area contributed by atoms with Gasteiger partial charge in [-0.1, -0.05) is 0 Å². The molecule has 0 aliphatic rings. The van der Waals surface area contributed by atoms with Crippen molar-refractivity contribution in [1.82, 2.24) is 9.97 Å². The standard InChI is InChI=1S/C11H16N4S2/c1-7(12)10-4-13-11(17-10)15(3)5-9-6-16-8(2)14-9/h4,6-7H,5,12H2,1-3H3. The van der Waals surface area contributed by atoms with Crippen LogP contribution in [0.2, 0.25) is 0 Å². The second kappa shape index (κ2) is 5.12. The number of anilines is 1. The summed E-state index contributed by atoms with van der Waals surface area (Å²) in [6.45, 7) is 4.78. The van der Waals surface area contributed by atoms with Gasteiger partial charge in [0.25, 0.3) is 0 Å². The monoisotopic (exact) mass is 268 g/mol. The molecule has 0 aliphatic carbocycles. The highest BCUT2D eigenvalue weighted by molar-refractivity contribution is 7.15. The Hall–Kier alpha value is -0.980. The Bertz CT molecular complexity index is 489. The molecule has 0 fully saturated rings. The predicted octanol–water partition coefficient (Wildman–Crippen LogP) is 2.56. The van der Waals surface area contributed by atoms with Crippen LogP contribution in [0.1, 0.15) is 28.5 Å². The summed E-state index contributed by atoms with van der Waals surface area (Å²) in [6.07, 6.45) is 1.85. The zero-order valence-corrected chi connectivity index (χ0v) is 11.8. The number of aryl methyl sites for hydroxylation is 1. The molecule has 1 atom stereocenters. The van der Waals surface area contributed by atoms with Crippen LogP contribution in [0.15, 0.2) is 11.6 Å². The number of rotatable bonds is 4. The minimum atomic E-state index is 0.0520. The first-order valence-electron chi connectivity index (χ1n) is 5.39. The lowest BCUT2D eigenvalue weighted by Crippen LogP contribution is -2.16. The van der Waals surface area contributed by atoms with Crippen molar-refractivity contribution in [3.05, 3.63) is 27.2 Å². The van der Waals surface area contributed by atoms with Crippen molar-refractivity contribution >= 4 is 27.8 Å². The molecule has 1 unspecified atom stereocenters. The van der Waals surface area contributed by atoms with E-state index in [-0.39, 0.29) is 6.04 Å². The number of nitrogens with zero attached hydrogens (tertiary/aromatic N) is 3. The van der Waals surface area contributed by atoms with Crippen LogP contribution in [0.25, 0.3) is 0 Å². The summed E-state index contributed by atoms with van der Waals surface area (Å²) in [5, 5.41) is 4.18. The van der Waals surface area contributed by atoms with E-state index in [0.717, 1.165) is 27.3 Å². The molecule has 0 bridgehead atoms. The molecule has 2 rings (SSSR count). The molecular formula is C11H16N4S2. The molecule has 0 radical (unpaired) electrons. The van der Waals surface area contributed by atoms with Gasteiger partial charge in [0.1, 0.15) is 0 Å². The lowest BCUT2D eigenvalue weighted by molar-refractivity contribution is 0.834. The number of thiazole rings is 2. The number of hydrogen-bond donors (Lipinski definition) is 1. The molecule has 0 amide bonds. The van der Waals surface area contributed by atoms with Crippen molar-refractivity contribution in [2.45, 2.75) is 26.4 Å². The lowest BCUT2D eigenvalue weighted by atomic mass is 10.3. The van der Waals surface area contributed by atoms with Gasteiger partial charge >= 0.3 is 0 Å². The molecule has 2 aromatic rings. The Morgan fingerprint density at radius 1 is 1.53 bits per heavy atom. The van der Waals surface area contributed by atoms with Gasteiger partial charge in [0.05, 0.1) is 17.2 Å². The maximum atomic E-state index is 5.82. The first-order valence-corrected chi connectivity index (χ1v) is 7.09. The third kappa shape index (κ3) is 3.02. The van der Waals surface area contributed by atoms with E-state index >= 15 is 0 Å². The normalized spacial score (nSPS) is 12.7. The highest BCUT2D eigenvalue weighted by Gasteiger charge is 2.11. The Labute approximate surface area is 109 Å². The molecule has 0 aromatic carbocycles. The molecule has 2 N–H and O–H groups in total. The van der Waals surface area contributed by atoms with Crippen LogP contribution in [0.3, 0.4) is 0 Å². The topological polar surface area (TPSA) is 55.0 Å². The van der Waals surface area contributed by atoms with Gasteiger partial charge < -0.3 is 10.6 Å². The zero-order valence-electron chi connectivity index (χ0n) is 10.2. The Kier molecular flexibility index (Phi) is 3.76.